The van der Waals surface area contributed by atoms with E-state index in [2.05, 4.69) is 10.3 Å². The molecule has 1 heterocycles. The molecule has 0 spiro atoms. The number of carbonyl (C=O) groups excluding carboxylic acids is 2. The highest BCUT2D eigenvalue weighted by atomic mass is 16.2. The summed E-state index contributed by atoms with van der Waals surface area (Å²) in [5.41, 5.74) is 7.48. The van der Waals surface area contributed by atoms with E-state index in [0.29, 0.717) is 16.8 Å². The Bertz CT molecular complexity index is 852. The highest BCUT2D eigenvalue weighted by Gasteiger charge is 2.10. The second-order valence-electron chi connectivity index (χ2n) is 4.77. The van der Waals surface area contributed by atoms with E-state index in [-0.39, 0.29) is 5.91 Å². The van der Waals surface area contributed by atoms with E-state index in [4.69, 9.17) is 5.73 Å². The Labute approximate surface area is 126 Å². The van der Waals surface area contributed by atoms with Crippen molar-refractivity contribution in [1.82, 2.24) is 4.98 Å². The fourth-order valence-corrected chi connectivity index (χ4v) is 2.22. The normalized spacial score (nSPS) is 10.4. The molecule has 0 aliphatic carbocycles. The topological polar surface area (TPSA) is 85.1 Å². The maximum absolute atomic E-state index is 12.4. The molecule has 2 amide bonds. The lowest BCUT2D eigenvalue weighted by Crippen LogP contribution is -2.13. The van der Waals surface area contributed by atoms with Crippen LogP contribution in [0.4, 0.5) is 5.69 Å². The molecule has 5 heteroatoms. The van der Waals surface area contributed by atoms with E-state index < -0.39 is 5.91 Å². The molecule has 3 aromatic rings. The fraction of sp³-hybridized carbons (Fsp3) is 0. The van der Waals surface area contributed by atoms with Crippen molar-refractivity contribution in [2.24, 2.45) is 5.73 Å². The lowest BCUT2D eigenvalue weighted by atomic mass is 10.1. The SMILES string of the molecule is NC(=O)c1ccc(NC(=O)c2cccc3ncccc23)cc1. The summed E-state index contributed by atoms with van der Waals surface area (Å²) in [5.74, 6) is -0.733. The first-order valence-electron chi connectivity index (χ1n) is 6.70. The molecule has 0 saturated heterocycles. The summed E-state index contributed by atoms with van der Waals surface area (Å²) in [7, 11) is 0. The minimum absolute atomic E-state index is 0.231. The Morgan fingerprint density at radius 2 is 1.73 bits per heavy atom. The van der Waals surface area contributed by atoms with Crippen LogP contribution in [0.1, 0.15) is 20.7 Å². The molecule has 5 nitrogen and oxygen atoms in total. The van der Waals surface area contributed by atoms with Gasteiger partial charge < -0.3 is 11.1 Å². The Morgan fingerprint density at radius 3 is 2.45 bits per heavy atom. The number of nitrogens with zero attached hydrogens (tertiary/aromatic N) is 1. The van der Waals surface area contributed by atoms with Gasteiger partial charge in [0.15, 0.2) is 0 Å². The van der Waals surface area contributed by atoms with Crippen molar-refractivity contribution in [3.63, 3.8) is 0 Å². The second-order valence-corrected chi connectivity index (χ2v) is 4.77. The average Bonchev–Trinajstić information content (AvgIpc) is 2.54. The van der Waals surface area contributed by atoms with Gasteiger partial charge in [0.05, 0.1) is 5.52 Å². The van der Waals surface area contributed by atoms with E-state index in [0.717, 1.165) is 10.9 Å². The molecule has 2 aromatic carbocycles. The maximum atomic E-state index is 12.4. The first-order chi connectivity index (χ1) is 10.6. The van der Waals surface area contributed by atoms with Crippen LogP contribution in [0, 0.1) is 0 Å². The third-order valence-corrected chi connectivity index (χ3v) is 3.32. The average molecular weight is 291 g/mol. The van der Waals surface area contributed by atoms with Gasteiger partial charge in [0, 0.05) is 28.4 Å². The molecule has 1 aromatic heterocycles. The van der Waals surface area contributed by atoms with Crippen molar-refractivity contribution in [2.45, 2.75) is 0 Å². The monoisotopic (exact) mass is 291 g/mol. The van der Waals surface area contributed by atoms with Gasteiger partial charge in [-0.15, -0.1) is 0 Å². The minimum atomic E-state index is -0.502. The number of amides is 2. The number of primary amides is 1. The number of carbonyl (C=O) groups is 2. The van der Waals surface area contributed by atoms with Gasteiger partial charge in [0.25, 0.3) is 5.91 Å². The van der Waals surface area contributed by atoms with Crippen LogP contribution in [-0.4, -0.2) is 16.8 Å². The van der Waals surface area contributed by atoms with E-state index in [1.54, 1.807) is 48.7 Å². The summed E-state index contributed by atoms with van der Waals surface area (Å²) >= 11 is 0. The summed E-state index contributed by atoms with van der Waals surface area (Å²) < 4.78 is 0. The predicted octanol–water partition coefficient (Wildman–Crippen LogP) is 2.59. The lowest BCUT2D eigenvalue weighted by molar-refractivity contribution is 0.0998. The van der Waals surface area contributed by atoms with E-state index in [1.165, 1.54) is 0 Å². The predicted molar refractivity (Wildman–Crippen MR) is 84.7 cm³/mol. The van der Waals surface area contributed by atoms with Crippen molar-refractivity contribution in [1.29, 1.82) is 0 Å². The Kier molecular flexibility index (Phi) is 3.53. The van der Waals surface area contributed by atoms with Crippen LogP contribution in [-0.2, 0) is 0 Å². The second kappa shape index (κ2) is 5.65. The van der Waals surface area contributed by atoms with Gasteiger partial charge in [-0.3, -0.25) is 14.6 Å². The molecule has 0 saturated carbocycles. The number of hydrogen-bond donors (Lipinski definition) is 2. The molecule has 0 bridgehead atoms. The van der Waals surface area contributed by atoms with Gasteiger partial charge in [-0.05, 0) is 42.5 Å². The fourth-order valence-electron chi connectivity index (χ4n) is 2.22. The van der Waals surface area contributed by atoms with E-state index in [9.17, 15) is 9.59 Å². The maximum Gasteiger partial charge on any atom is 0.256 e. The molecule has 0 radical (unpaired) electrons. The van der Waals surface area contributed by atoms with Crippen LogP contribution in [0.2, 0.25) is 0 Å². The van der Waals surface area contributed by atoms with E-state index in [1.807, 2.05) is 12.1 Å². The van der Waals surface area contributed by atoms with Gasteiger partial charge in [0.1, 0.15) is 0 Å². The summed E-state index contributed by atoms with van der Waals surface area (Å²) in [6.07, 6.45) is 1.69. The summed E-state index contributed by atoms with van der Waals surface area (Å²) in [6, 6.07) is 15.5. The van der Waals surface area contributed by atoms with Gasteiger partial charge in [-0.25, -0.2) is 0 Å². The third-order valence-electron chi connectivity index (χ3n) is 3.32. The number of benzene rings is 2. The minimum Gasteiger partial charge on any atom is -0.366 e. The standard InChI is InChI=1S/C17H13N3O2/c18-16(21)11-6-8-12(9-7-11)20-17(22)14-3-1-5-15-13(14)4-2-10-19-15/h1-10H,(H2,18,21)(H,20,22). The molecule has 0 aliphatic heterocycles. The van der Waals surface area contributed by atoms with Crippen LogP contribution < -0.4 is 11.1 Å². The number of nitrogens with one attached hydrogen (secondary N) is 1. The van der Waals surface area contributed by atoms with Crippen molar-refractivity contribution in [2.75, 3.05) is 5.32 Å². The highest BCUT2D eigenvalue weighted by molar-refractivity contribution is 6.12. The molecular formula is C17H13N3O2. The largest absolute Gasteiger partial charge is 0.366 e. The molecule has 22 heavy (non-hydrogen) atoms. The zero-order valence-corrected chi connectivity index (χ0v) is 11.6. The Morgan fingerprint density at radius 1 is 0.955 bits per heavy atom. The lowest BCUT2D eigenvalue weighted by Gasteiger charge is -2.08. The molecule has 0 aliphatic rings. The van der Waals surface area contributed by atoms with Gasteiger partial charge in [0.2, 0.25) is 5.91 Å². The number of hydrogen-bond acceptors (Lipinski definition) is 3. The van der Waals surface area contributed by atoms with Gasteiger partial charge in [-0.1, -0.05) is 12.1 Å². The molecule has 0 fully saturated rings. The van der Waals surface area contributed by atoms with Crippen molar-refractivity contribution >= 4 is 28.4 Å². The number of pyridine rings is 1. The Balaban J connectivity index is 1.89. The summed E-state index contributed by atoms with van der Waals surface area (Å²) in [4.78, 5) is 27.7. The zero-order valence-electron chi connectivity index (χ0n) is 11.6. The number of fused-ring (bicyclic) bond motifs is 1. The zero-order chi connectivity index (χ0) is 15.5. The summed E-state index contributed by atoms with van der Waals surface area (Å²) in [5, 5.41) is 3.59. The highest BCUT2D eigenvalue weighted by Crippen LogP contribution is 2.18. The molecular weight excluding hydrogens is 278 g/mol. The van der Waals surface area contributed by atoms with Crippen molar-refractivity contribution in [3.8, 4) is 0 Å². The van der Waals surface area contributed by atoms with E-state index >= 15 is 0 Å². The number of nitrogens with two attached hydrogens (primary N) is 1. The van der Waals surface area contributed by atoms with Crippen molar-refractivity contribution in [3.05, 3.63) is 71.9 Å². The molecule has 3 N–H and O–H groups in total. The molecule has 108 valence electrons. The van der Waals surface area contributed by atoms with Crippen LogP contribution in [0.15, 0.2) is 60.8 Å². The van der Waals surface area contributed by atoms with Crippen LogP contribution in [0.5, 0.6) is 0 Å². The number of rotatable bonds is 3. The number of aromatic nitrogens is 1. The van der Waals surface area contributed by atoms with Crippen LogP contribution in [0.25, 0.3) is 10.9 Å². The number of anilines is 1. The molecule has 3 rings (SSSR count). The van der Waals surface area contributed by atoms with Crippen molar-refractivity contribution < 1.29 is 9.59 Å². The summed E-state index contributed by atoms with van der Waals surface area (Å²) in [6.45, 7) is 0. The van der Waals surface area contributed by atoms with Crippen LogP contribution in [0.3, 0.4) is 0 Å². The first kappa shape index (κ1) is 13.8. The first-order valence-corrected chi connectivity index (χ1v) is 6.70. The third kappa shape index (κ3) is 2.64. The smallest absolute Gasteiger partial charge is 0.256 e. The van der Waals surface area contributed by atoms with Crippen LogP contribution >= 0.6 is 0 Å². The molecule has 0 atom stereocenters. The van der Waals surface area contributed by atoms with Gasteiger partial charge >= 0.3 is 0 Å². The quantitative estimate of drug-likeness (QED) is 0.777. The molecule has 0 unspecified atom stereocenters. The Hall–Kier alpha value is -3.21. The van der Waals surface area contributed by atoms with Gasteiger partial charge in [-0.2, -0.15) is 0 Å².